The molecule has 0 atom stereocenters. The van der Waals surface area contributed by atoms with Crippen molar-refractivity contribution in [1.82, 2.24) is 0 Å². The van der Waals surface area contributed by atoms with E-state index in [1.54, 1.807) is 0 Å². The van der Waals surface area contributed by atoms with Crippen LogP contribution in [0.2, 0.25) is 0 Å². The van der Waals surface area contributed by atoms with Crippen molar-refractivity contribution >= 4 is 5.87 Å². The van der Waals surface area contributed by atoms with Gasteiger partial charge in [0.05, 0.1) is 0 Å². The normalized spacial score (nSPS) is 3.80. The predicted octanol–water partition coefficient (Wildman–Crippen LogP) is 0.323. The summed E-state index contributed by atoms with van der Waals surface area (Å²) in [6.07, 6.45) is 1.47. The molecule has 0 aromatic rings. The van der Waals surface area contributed by atoms with Crippen LogP contribution in [0.15, 0.2) is 11.6 Å². The van der Waals surface area contributed by atoms with E-state index in [2.05, 4.69) is 11.6 Å². The SMILES string of the molecule is C=C=NC#N. The zero-order valence-corrected chi connectivity index (χ0v) is 2.60. The van der Waals surface area contributed by atoms with Gasteiger partial charge in [0.25, 0.3) is 0 Å². The van der Waals surface area contributed by atoms with E-state index < -0.39 is 0 Å². The maximum absolute atomic E-state index is 7.55. The van der Waals surface area contributed by atoms with Gasteiger partial charge in [0.1, 0.15) is 0 Å². The fourth-order valence-electron chi connectivity index (χ4n) is 0.0354. The molecule has 0 saturated heterocycles. The molecule has 0 aromatic heterocycles. The Bertz CT molecular complexity index is 92.0. The molecule has 0 bridgehead atoms. The van der Waals surface area contributed by atoms with Gasteiger partial charge >= 0.3 is 0 Å². The average molecular weight is 66.1 g/mol. The molecular weight excluding hydrogens is 64.0 g/mol. The molecule has 0 rings (SSSR count). The molecule has 0 spiro atoms. The van der Waals surface area contributed by atoms with Crippen molar-refractivity contribution in [1.29, 1.82) is 5.26 Å². The summed E-state index contributed by atoms with van der Waals surface area (Å²) in [6, 6.07) is 0. The molecule has 0 N–H and O–H groups in total. The lowest BCUT2D eigenvalue weighted by Crippen LogP contribution is -1.36. The maximum atomic E-state index is 7.55. The van der Waals surface area contributed by atoms with Gasteiger partial charge in [-0.3, -0.25) is 0 Å². The minimum atomic E-state index is 1.47. The summed E-state index contributed by atoms with van der Waals surface area (Å²) in [5.41, 5.74) is 0. The Morgan fingerprint density at radius 3 is 2.40 bits per heavy atom. The van der Waals surface area contributed by atoms with Crippen LogP contribution in [-0.2, 0) is 0 Å². The summed E-state index contributed by atoms with van der Waals surface area (Å²) < 4.78 is 0. The Balaban J connectivity index is 3.46. The van der Waals surface area contributed by atoms with Crippen LogP contribution >= 0.6 is 0 Å². The molecule has 2 heteroatoms. The topological polar surface area (TPSA) is 36.1 Å². The monoisotopic (exact) mass is 66.0 g/mol. The van der Waals surface area contributed by atoms with Crippen molar-refractivity contribution in [3.8, 4) is 6.19 Å². The Morgan fingerprint density at radius 2 is 2.40 bits per heavy atom. The predicted molar refractivity (Wildman–Crippen MR) is 18.7 cm³/mol. The molecule has 0 amide bonds. The van der Waals surface area contributed by atoms with E-state index in [1.165, 1.54) is 6.19 Å². The lowest BCUT2D eigenvalue weighted by Gasteiger charge is -1.38. The molecule has 0 aromatic carbocycles. The third-order valence-electron chi connectivity index (χ3n) is 0.129. The third-order valence-corrected chi connectivity index (χ3v) is 0.129. The largest absolute Gasteiger partial charge is 0.214 e. The highest BCUT2D eigenvalue weighted by Gasteiger charge is 1.39. The quantitative estimate of drug-likeness (QED) is 0.296. The second kappa shape index (κ2) is 2.94. The number of rotatable bonds is 0. The smallest absolute Gasteiger partial charge is 0.170 e. The van der Waals surface area contributed by atoms with Gasteiger partial charge in [0.15, 0.2) is 0 Å². The lowest BCUT2D eigenvalue weighted by atomic mass is 11.1. The van der Waals surface area contributed by atoms with Crippen LogP contribution in [0, 0.1) is 11.5 Å². The summed E-state index contributed by atoms with van der Waals surface area (Å²) >= 11 is 0. The van der Waals surface area contributed by atoms with Crippen LogP contribution in [0.4, 0.5) is 0 Å². The first-order valence-corrected chi connectivity index (χ1v) is 1.02. The van der Waals surface area contributed by atoms with Gasteiger partial charge in [-0.05, 0) is 12.4 Å². The Labute approximate surface area is 30.1 Å². The highest BCUT2D eigenvalue weighted by atomic mass is 14.7. The first kappa shape index (κ1) is 3.94. The second-order valence-electron chi connectivity index (χ2n) is 0.370. The lowest BCUT2D eigenvalue weighted by molar-refractivity contribution is 1.45. The molecule has 0 unspecified atom stereocenters. The summed E-state index contributed by atoms with van der Waals surface area (Å²) in [4.78, 5) is 2.92. The number of hydrogen-bond acceptors (Lipinski definition) is 2. The van der Waals surface area contributed by atoms with Crippen LogP contribution < -0.4 is 0 Å². The zero-order valence-electron chi connectivity index (χ0n) is 2.60. The van der Waals surface area contributed by atoms with E-state index in [0.29, 0.717) is 0 Å². The van der Waals surface area contributed by atoms with Gasteiger partial charge in [-0.15, -0.1) is 4.99 Å². The molecular formula is C3H2N2. The van der Waals surface area contributed by atoms with Gasteiger partial charge < -0.3 is 0 Å². The Hall–Kier alpha value is -1.06. The Kier molecular flexibility index (Phi) is 2.32. The highest BCUT2D eigenvalue weighted by Crippen LogP contribution is 1.42. The first-order chi connectivity index (χ1) is 2.41. The van der Waals surface area contributed by atoms with Crippen molar-refractivity contribution < 1.29 is 0 Å². The fourth-order valence-corrected chi connectivity index (χ4v) is 0.0354. The van der Waals surface area contributed by atoms with Crippen LogP contribution in [0.5, 0.6) is 0 Å². The standard InChI is InChI=1S/C3H2N2/c1-2-5-3-4/h1H2. The molecule has 24 valence electrons. The van der Waals surface area contributed by atoms with Gasteiger partial charge in [-0.25, -0.2) is 0 Å². The van der Waals surface area contributed by atoms with Gasteiger partial charge in [-0.2, -0.15) is 5.26 Å². The molecule has 5 heavy (non-hydrogen) atoms. The van der Waals surface area contributed by atoms with Crippen molar-refractivity contribution in [2.45, 2.75) is 0 Å². The molecule has 0 saturated carbocycles. The van der Waals surface area contributed by atoms with E-state index in [0.717, 1.165) is 0 Å². The maximum Gasteiger partial charge on any atom is 0.214 e. The fraction of sp³-hybridized carbons (Fsp3) is 0. The molecule has 0 fully saturated rings. The second-order valence-corrected chi connectivity index (χ2v) is 0.370. The zero-order chi connectivity index (χ0) is 4.12. The van der Waals surface area contributed by atoms with Crippen LogP contribution in [0.3, 0.4) is 0 Å². The number of nitrogens with zero attached hydrogens (tertiary/aromatic N) is 2. The minimum Gasteiger partial charge on any atom is -0.170 e. The summed E-state index contributed by atoms with van der Waals surface area (Å²) in [7, 11) is 0. The summed E-state index contributed by atoms with van der Waals surface area (Å²) in [5, 5.41) is 7.55. The van der Waals surface area contributed by atoms with E-state index in [9.17, 15) is 0 Å². The molecule has 0 aliphatic carbocycles. The Morgan fingerprint density at radius 1 is 1.80 bits per heavy atom. The van der Waals surface area contributed by atoms with Crippen molar-refractivity contribution in [3.05, 3.63) is 6.58 Å². The summed E-state index contributed by atoms with van der Waals surface area (Å²) in [6.45, 7) is 3.04. The number of aliphatic imine (C=N–C) groups is 1. The molecule has 0 aliphatic heterocycles. The van der Waals surface area contributed by atoms with Crippen molar-refractivity contribution in [2.75, 3.05) is 0 Å². The third kappa shape index (κ3) is 2.94. The molecule has 0 heterocycles. The number of nitriles is 1. The first-order valence-electron chi connectivity index (χ1n) is 1.02. The van der Waals surface area contributed by atoms with Crippen LogP contribution in [-0.4, -0.2) is 5.87 Å². The molecule has 0 radical (unpaired) electrons. The van der Waals surface area contributed by atoms with Crippen LogP contribution in [0.1, 0.15) is 0 Å². The summed E-state index contributed by atoms with van der Waals surface area (Å²) in [5.74, 6) is 2.03. The van der Waals surface area contributed by atoms with E-state index in [1.807, 2.05) is 5.87 Å². The van der Waals surface area contributed by atoms with Crippen molar-refractivity contribution in [2.24, 2.45) is 4.99 Å². The molecule has 0 aliphatic rings. The van der Waals surface area contributed by atoms with E-state index in [4.69, 9.17) is 5.26 Å². The van der Waals surface area contributed by atoms with Gasteiger partial charge in [-0.1, -0.05) is 0 Å². The highest BCUT2D eigenvalue weighted by molar-refractivity contribution is 5.47. The van der Waals surface area contributed by atoms with Gasteiger partial charge in [0, 0.05) is 0 Å². The number of hydrogen-bond donors (Lipinski definition) is 0. The van der Waals surface area contributed by atoms with Crippen molar-refractivity contribution in [3.63, 3.8) is 0 Å². The average Bonchev–Trinajstić information content (AvgIpc) is 1.41. The van der Waals surface area contributed by atoms with Crippen LogP contribution in [0.25, 0.3) is 0 Å². The minimum absolute atomic E-state index is 1.47. The molecule has 2 nitrogen and oxygen atoms in total. The van der Waals surface area contributed by atoms with Gasteiger partial charge in [0.2, 0.25) is 6.19 Å². The van der Waals surface area contributed by atoms with E-state index >= 15 is 0 Å². The van der Waals surface area contributed by atoms with E-state index in [-0.39, 0.29) is 0 Å².